The highest BCUT2D eigenvalue weighted by molar-refractivity contribution is 7.65. The van der Waals surface area contributed by atoms with Gasteiger partial charge >= 0.3 is 0 Å². The summed E-state index contributed by atoms with van der Waals surface area (Å²) in [7, 11) is -0.537. The highest BCUT2D eigenvalue weighted by Gasteiger charge is 2.14. The van der Waals surface area contributed by atoms with Gasteiger partial charge < -0.3 is 4.90 Å². The van der Waals surface area contributed by atoms with Crippen LogP contribution in [-0.2, 0) is 0 Å². The van der Waals surface area contributed by atoms with Crippen LogP contribution in [0.5, 0.6) is 0 Å². The van der Waals surface area contributed by atoms with E-state index in [9.17, 15) is 0 Å². The minimum atomic E-state index is -0.537. The highest BCUT2D eigenvalue weighted by Crippen LogP contribution is 2.33. The maximum atomic E-state index is 2.44. The van der Waals surface area contributed by atoms with Crippen molar-refractivity contribution < 1.29 is 0 Å². The zero-order valence-corrected chi connectivity index (χ0v) is 17.0. The average Bonchev–Trinajstić information content (AvgIpc) is 2.74. The molecule has 0 spiro atoms. The van der Waals surface area contributed by atoms with Gasteiger partial charge in [-0.1, -0.05) is 87.0 Å². The van der Waals surface area contributed by atoms with Gasteiger partial charge in [0.25, 0.3) is 0 Å². The van der Waals surface area contributed by atoms with Gasteiger partial charge in [-0.2, -0.15) is 0 Å². The van der Waals surface area contributed by atoms with Crippen LogP contribution in [0.1, 0.15) is 25.0 Å². The number of para-hydroxylation sites is 1. The molecule has 2 heterocycles. The van der Waals surface area contributed by atoms with E-state index in [4.69, 9.17) is 0 Å². The fraction of sp³-hybridized carbons (Fsp3) is 0.160. The Morgan fingerprint density at radius 1 is 0.963 bits per heavy atom. The van der Waals surface area contributed by atoms with Crippen molar-refractivity contribution >= 4 is 35.5 Å². The van der Waals surface area contributed by atoms with Gasteiger partial charge in [0.05, 0.1) is 0 Å². The fourth-order valence-electron chi connectivity index (χ4n) is 3.82. The molecule has 4 rings (SSSR count). The van der Waals surface area contributed by atoms with E-state index in [0.29, 0.717) is 0 Å². The lowest BCUT2D eigenvalue weighted by molar-refractivity contribution is 1.01. The van der Waals surface area contributed by atoms with Crippen molar-refractivity contribution in [2.75, 3.05) is 17.6 Å². The second kappa shape index (κ2) is 8.03. The van der Waals surface area contributed by atoms with E-state index in [-0.39, 0.29) is 0 Å². The Morgan fingerprint density at radius 2 is 1.74 bits per heavy atom. The molecule has 2 heteroatoms. The first kappa shape index (κ1) is 17.9. The van der Waals surface area contributed by atoms with Crippen LogP contribution in [0.25, 0.3) is 11.1 Å². The summed E-state index contributed by atoms with van der Waals surface area (Å²) in [5, 5.41) is 1.54. The maximum Gasteiger partial charge on any atom is 0.0485 e. The lowest BCUT2D eigenvalue weighted by Crippen LogP contribution is -2.18. The van der Waals surface area contributed by atoms with Crippen molar-refractivity contribution in [3.05, 3.63) is 96.2 Å². The summed E-state index contributed by atoms with van der Waals surface area (Å²) < 4.78 is 0. The van der Waals surface area contributed by atoms with Gasteiger partial charge in [0, 0.05) is 24.0 Å². The van der Waals surface area contributed by atoms with Gasteiger partial charge in [0.1, 0.15) is 0 Å². The molecule has 136 valence electrons. The van der Waals surface area contributed by atoms with Gasteiger partial charge in [-0.25, -0.2) is 0 Å². The second-order valence-corrected chi connectivity index (χ2v) is 9.44. The lowest BCUT2D eigenvalue weighted by atomic mass is 9.99. The van der Waals surface area contributed by atoms with Crippen LogP contribution in [-0.4, -0.2) is 18.5 Å². The molecule has 2 aromatic carbocycles. The molecule has 2 aromatic rings. The van der Waals surface area contributed by atoms with Crippen LogP contribution in [0.3, 0.4) is 0 Å². The summed E-state index contributed by atoms with van der Waals surface area (Å²) in [6.45, 7) is 5.47. The molecule has 0 radical (unpaired) electrons. The molecule has 1 atom stereocenters. The smallest absolute Gasteiger partial charge is 0.0485 e. The SMILES string of the molecule is CCN1C=C/C(=C/C=C/C2=CC=[PH](CC)c3ccccc32)c2ccccc21. The van der Waals surface area contributed by atoms with Crippen molar-refractivity contribution in [1.29, 1.82) is 0 Å². The number of anilines is 1. The molecule has 2 aliphatic rings. The molecule has 2 aliphatic heterocycles. The van der Waals surface area contributed by atoms with Crippen molar-refractivity contribution in [1.82, 2.24) is 0 Å². The van der Waals surface area contributed by atoms with E-state index in [1.165, 1.54) is 34.1 Å². The normalized spacial score (nSPS) is 19.6. The second-order valence-electron chi connectivity index (χ2n) is 6.81. The van der Waals surface area contributed by atoms with Crippen molar-refractivity contribution in [2.45, 2.75) is 13.8 Å². The Balaban J connectivity index is 1.65. The van der Waals surface area contributed by atoms with Crippen LogP contribution in [0.4, 0.5) is 5.69 Å². The predicted octanol–water partition coefficient (Wildman–Crippen LogP) is 5.74. The molecule has 0 N–H and O–H groups in total. The Hall–Kier alpha value is -2.50. The van der Waals surface area contributed by atoms with Crippen molar-refractivity contribution in [3.63, 3.8) is 0 Å². The van der Waals surface area contributed by atoms with Crippen LogP contribution in [0, 0.1) is 0 Å². The Labute approximate surface area is 163 Å². The zero-order valence-electron chi connectivity index (χ0n) is 16.0. The maximum absolute atomic E-state index is 2.44. The first-order valence-corrected chi connectivity index (χ1v) is 11.5. The van der Waals surface area contributed by atoms with Gasteiger partial charge in [-0.3, -0.25) is 0 Å². The number of hydrogen-bond acceptors (Lipinski definition) is 1. The summed E-state index contributed by atoms with van der Waals surface area (Å²) in [6.07, 6.45) is 14.6. The fourth-order valence-corrected chi connectivity index (χ4v) is 5.88. The largest absolute Gasteiger partial charge is 0.348 e. The molecular weight excluding hydrogens is 345 g/mol. The summed E-state index contributed by atoms with van der Waals surface area (Å²) in [5.41, 5.74) is 6.56. The molecule has 1 unspecified atom stereocenters. The third kappa shape index (κ3) is 3.53. The van der Waals surface area contributed by atoms with E-state index in [1.807, 2.05) is 0 Å². The van der Waals surface area contributed by atoms with Crippen molar-refractivity contribution in [3.8, 4) is 0 Å². The van der Waals surface area contributed by atoms with Crippen LogP contribution < -0.4 is 10.2 Å². The summed E-state index contributed by atoms with van der Waals surface area (Å²) in [4.78, 5) is 2.29. The molecule has 0 fully saturated rings. The quantitative estimate of drug-likeness (QED) is 0.620. The third-order valence-corrected chi connectivity index (χ3v) is 7.74. The average molecular weight is 371 g/mol. The molecule has 0 aromatic heterocycles. The van der Waals surface area contributed by atoms with E-state index in [0.717, 1.165) is 6.54 Å². The first-order chi connectivity index (χ1) is 13.3. The van der Waals surface area contributed by atoms with E-state index in [2.05, 4.69) is 110 Å². The molecule has 0 amide bonds. The number of rotatable bonds is 4. The Bertz CT molecular complexity index is 1000. The Kier molecular flexibility index (Phi) is 5.32. The third-order valence-electron chi connectivity index (χ3n) is 5.28. The molecular formula is C25H26NP. The Morgan fingerprint density at radius 3 is 2.56 bits per heavy atom. The number of fused-ring (bicyclic) bond motifs is 2. The minimum absolute atomic E-state index is 0.537. The molecule has 0 saturated carbocycles. The minimum Gasteiger partial charge on any atom is -0.348 e. The summed E-state index contributed by atoms with van der Waals surface area (Å²) in [5.74, 6) is 2.44. The molecule has 0 bridgehead atoms. The zero-order chi connectivity index (χ0) is 18.6. The van der Waals surface area contributed by atoms with Crippen LogP contribution >= 0.6 is 7.55 Å². The van der Waals surface area contributed by atoms with E-state index < -0.39 is 7.55 Å². The first-order valence-electron chi connectivity index (χ1n) is 9.75. The highest BCUT2D eigenvalue weighted by atomic mass is 31.1. The summed E-state index contributed by atoms with van der Waals surface area (Å²) >= 11 is 0. The van der Waals surface area contributed by atoms with Crippen LogP contribution in [0.2, 0.25) is 0 Å². The summed E-state index contributed by atoms with van der Waals surface area (Å²) in [6, 6.07) is 17.5. The number of hydrogen-bond donors (Lipinski definition) is 0. The van der Waals surface area contributed by atoms with Gasteiger partial charge in [0.15, 0.2) is 0 Å². The van der Waals surface area contributed by atoms with E-state index in [1.54, 1.807) is 5.30 Å². The molecule has 0 aliphatic carbocycles. The van der Waals surface area contributed by atoms with Gasteiger partial charge in [-0.05, 0) is 47.2 Å². The number of nitrogens with zero attached hydrogens (tertiary/aromatic N) is 1. The number of allylic oxidation sites excluding steroid dienone is 7. The topological polar surface area (TPSA) is 3.24 Å². The standard InChI is InChI=1S/C25H26NP/c1-3-26-18-16-20(22-12-5-7-14-24(22)26)10-9-11-21-17-19-27(4-2)25-15-8-6-13-23(21)25/h5-19,27H,3-4H2,1-2H3/b11-9+,20-10-. The monoisotopic (exact) mass is 371 g/mol. The molecule has 0 saturated heterocycles. The number of benzene rings is 2. The van der Waals surface area contributed by atoms with Gasteiger partial charge in [0.2, 0.25) is 0 Å². The predicted molar refractivity (Wildman–Crippen MR) is 125 cm³/mol. The van der Waals surface area contributed by atoms with Crippen molar-refractivity contribution in [2.24, 2.45) is 0 Å². The molecule has 1 nitrogen and oxygen atoms in total. The molecule has 27 heavy (non-hydrogen) atoms. The van der Waals surface area contributed by atoms with Gasteiger partial charge in [-0.15, -0.1) is 0 Å². The van der Waals surface area contributed by atoms with Crippen LogP contribution in [0.15, 0.2) is 85.1 Å². The lowest BCUT2D eigenvalue weighted by Gasteiger charge is -2.26. The van der Waals surface area contributed by atoms with E-state index >= 15 is 0 Å².